The van der Waals surface area contributed by atoms with Gasteiger partial charge in [-0.05, 0) is 50.4 Å². The summed E-state index contributed by atoms with van der Waals surface area (Å²) in [4.78, 5) is 0. The Morgan fingerprint density at radius 1 is 1.23 bits per heavy atom. The van der Waals surface area contributed by atoms with Crippen LogP contribution >= 0.6 is 27.5 Å². The molecule has 0 aliphatic heterocycles. The van der Waals surface area contributed by atoms with Crippen LogP contribution in [0.15, 0.2) is 0 Å². The highest BCUT2D eigenvalue weighted by Gasteiger charge is 2.69. The van der Waals surface area contributed by atoms with Gasteiger partial charge in [0.25, 0.3) is 0 Å². The van der Waals surface area contributed by atoms with E-state index < -0.39 is 23.6 Å². The van der Waals surface area contributed by atoms with Gasteiger partial charge in [-0.2, -0.15) is 0 Å². The highest BCUT2D eigenvalue weighted by Crippen LogP contribution is 2.65. The molecule has 4 atom stereocenters. The molecule has 0 heterocycles. The first kappa shape index (κ1) is 20.7. The van der Waals surface area contributed by atoms with E-state index in [1.807, 2.05) is 0 Å². The molecule has 3 saturated carbocycles. The van der Waals surface area contributed by atoms with E-state index in [1.54, 1.807) is 6.92 Å². The zero-order valence-corrected chi connectivity index (χ0v) is 16.1. The average molecular weight is 400 g/mol. The van der Waals surface area contributed by atoms with Crippen LogP contribution in [0.2, 0.25) is 0 Å². The third kappa shape index (κ3) is 4.01. The third-order valence-corrected chi connectivity index (χ3v) is 6.69. The normalized spacial score (nSPS) is 36.7. The molecule has 4 nitrogen and oxygen atoms in total. The minimum Gasteiger partial charge on any atom is -0.426 e. The first-order chi connectivity index (χ1) is 9.99. The van der Waals surface area contributed by atoms with E-state index in [0.29, 0.717) is 12.3 Å². The molecule has 3 rings (SSSR count). The summed E-state index contributed by atoms with van der Waals surface area (Å²) in [6.45, 7) is 5.90. The Hall–Kier alpha value is 0.675. The molecule has 0 radical (unpaired) electrons. The second-order valence-corrected chi connectivity index (χ2v) is 8.76. The van der Waals surface area contributed by atoms with Crippen LogP contribution in [-0.4, -0.2) is 49.2 Å². The molecule has 0 aromatic heterocycles. The molecule has 4 N–H and O–H groups in total. The Morgan fingerprint density at radius 2 is 1.82 bits per heavy atom. The van der Waals surface area contributed by atoms with Crippen molar-refractivity contribution in [3.8, 4) is 0 Å². The standard InChI is InChI=1S/C10H18O2.C5H11BBrClO2/c1-8(2)7-4-5-9(3,11)10(8,12)6-7;7-4-2-1-3-5(8)6(9)10/h7,11-12H,4-6H2,1-3H3;5,9-10H,1-4H2/t;5-/m.1/s1. The monoisotopic (exact) mass is 398 g/mol. The SMILES string of the molecule is CC1(O)CCC2CC1(O)C2(C)C.OB(O)[C@H](Cl)CCCCBr. The van der Waals surface area contributed by atoms with Crippen molar-refractivity contribution in [1.82, 2.24) is 0 Å². The van der Waals surface area contributed by atoms with Crippen LogP contribution in [0.3, 0.4) is 0 Å². The molecule has 3 aliphatic rings. The van der Waals surface area contributed by atoms with Crippen LogP contribution in [0, 0.1) is 11.3 Å². The maximum absolute atomic E-state index is 10.2. The van der Waals surface area contributed by atoms with Gasteiger partial charge in [-0.25, -0.2) is 0 Å². The first-order valence-electron chi connectivity index (χ1n) is 8.00. The van der Waals surface area contributed by atoms with Crippen molar-refractivity contribution in [1.29, 1.82) is 0 Å². The van der Waals surface area contributed by atoms with Gasteiger partial charge >= 0.3 is 7.12 Å². The molecule has 130 valence electrons. The fraction of sp³-hybridized carbons (Fsp3) is 1.00. The molecule has 0 aromatic carbocycles. The Labute approximate surface area is 147 Å². The van der Waals surface area contributed by atoms with E-state index in [2.05, 4.69) is 29.8 Å². The Balaban J connectivity index is 0.000000225. The second-order valence-electron chi connectivity index (χ2n) is 7.41. The molecule has 22 heavy (non-hydrogen) atoms. The smallest absolute Gasteiger partial charge is 0.426 e. The molecule has 3 unspecified atom stereocenters. The molecule has 3 aliphatic carbocycles. The highest BCUT2D eigenvalue weighted by atomic mass is 79.9. The topological polar surface area (TPSA) is 80.9 Å². The van der Waals surface area contributed by atoms with Crippen molar-refractivity contribution in [3.05, 3.63) is 0 Å². The molecule has 0 aromatic rings. The summed E-state index contributed by atoms with van der Waals surface area (Å²) < 4.78 is 0. The summed E-state index contributed by atoms with van der Waals surface area (Å²) in [5.74, 6) is 0.614. The summed E-state index contributed by atoms with van der Waals surface area (Å²) in [7, 11) is -1.38. The summed E-state index contributed by atoms with van der Waals surface area (Å²) in [5, 5.41) is 37.8. The van der Waals surface area contributed by atoms with E-state index >= 15 is 0 Å². The molecule has 3 fully saturated rings. The van der Waals surface area contributed by atoms with Crippen molar-refractivity contribution in [2.45, 2.75) is 75.8 Å². The Kier molecular flexibility index (Phi) is 7.26. The van der Waals surface area contributed by atoms with Crippen LogP contribution in [-0.2, 0) is 0 Å². The van der Waals surface area contributed by atoms with E-state index in [9.17, 15) is 10.2 Å². The predicted molar refractivity (Wildman–Crippen MR) is 94.2 cm³/mol. The minimum absolute atomic E-state index is 0.0885. The van der Waals surface area contributed by atoms with Crippen molar-refractivity contribution < 1.29 is 20.3 Å². The van der Waals surface area contributed by atoms with E-state index in [4.69, 9.17) is 21.6 Å². The van der Waals surface area contributed by atoms with Gasteiger partial charge in [0.05, 0.1) is 16.5 Å². The lowest BCUT2D eigenvalue weighted by Gasteiger charge is -2.68. The van der Waals surface area contributed by atoms with Crippen molar-refractivity contribution >= 4 is 34.6 Å². The lowest BCUT2D eigenvalue weighted by Crippen LogP contribution is -2.74. The first-order valence-corrected chi connectivity index (χ1v) is 9.56. The number of unbranched alkanes of at least 4 members (excludes halogenated alkanes) is 1. The maximum Gasteiger partial charge on any atom is 0.470 e. The van der Waals surface area contributed by atoms with Crippen LogP contribution in [0.25, 0.3) is 0 Å². The number of alkyl halides is 2. The van der Waals surface area contributed by atoms with E-state index in [0.717, 1.165) is 37.4 Å². The Morgan fingerprint density at radius 3 is 2.18 bits per heavy atom. The van der Waals surface area contributed by atoms with Crippen LogP contribution in [0.4, 0.5) is 0 Å². The molecular weight excluding hydrogens is 370 g/mol. The summed E-state index contributed by atoms with van der Waals surface area (Å²) in [6.07, 6.45) is 5.20. The number of aliphatic hydroxyl groups is 2. The zero-order valence-electron chi connectivity index (χ0n) is 13.7. The van der Waals surface area contributed by atoms with Crippen molar-refractivity contribution in [3.63, 3.8) is 0 Å². The fourth-order valence-corrected chi connectivity index (χ4v) is 4.25. The van der Waals surface area contributed by atoms with Gasteiger partial charge in [-0.3, -0.25) is 0 Å². The molecule has 0 spiro atoms. The van der Waals surface area contributed by atoms with Gasteiger partial charge in [0, 0.05) is 5.33 Å². The summed E-state index contributed by atoms with van der Waals surface area (Å²) in [5.41, 5.74) is -1.79. The number of hydrogen-bond acceptors (Lipinski definition) is 4. The van der Waals surface area contributed by atoms with Gasteiger partial charge in [0.2, 0.25) is 0 Å². The van der Waals surface area contributed by atoms with Crippen molar-refractivity contribution in [2.75, 3.05) is 5.33 Å². The number of fused-ring (bicyclic) bond motifs is 2. The molecule has 2 bridgehead atoms. The van der Waals surface area contributed by atoms with Gasteiger partial charge in [-0.15, -0.1) is 11.6 Å². The molecule has 7 heteroatoms. The molecule has 0 amide bonds. The fourth-order valence-electron chi connectivity index (χ4n) is 3.70. The van der Waals surface area contributed by atoms with Gasteiger partial charge < -0.3 is 20.3 Å². The van der Waals surface area contributed by atoms with Gasteiger partial charge in [-0.1, -0.05) is 36.2 Å². The summed E-state index contributed by atoms with van der Waals surface area (Å²) in [6, 6.07) is 0. The van der Waals surface area contributed by atoms with Crippen LogP contribution in [0.5, 0.6) is 0 Å². The zero-order chi connectivity index (χ0) is 17.2. The largest absolute Gasteiger partial charge is 0.470 e. The minimum atomic E-state index is -1.38. The third-order valence-electron chi connectivity index (χ3n) is 5.69. The maximum atomic E-state index is 10.2. The predicted octanol–water partition coefficient (Wildman–Crippen LogP) is 2.48. The van der Waals surface area contributed by atoms with Crippen molar-refractivity contribution in [2.24, 2.45) is 11.3 Å². The molecule has 0 saturated heterocycles. The van der Waals surface area contributed by atoms with E-state index in [-0.39, 0.29) is 5.41 Å². The van der Waals surface area contributed by atoms with Gasteiger partial charge in [0.15, 0.2) is 0 Å². The number of hydrogen-bond donors (Lipinski definition) is 4. The lowest BCUT2D eigenvalue weighted by molar-refractivity contribution is -0.312. The number of rotatable bonds is 5. The van der Waals surface area contributed by atoms with E-state index in [1.165, 1.54) is 0 Å². The van der Waals surface area contributed by atoms with Gasteiger partial charge in [0.1, 0.15) is 0 Å². The lowest BCUT2D eigenvalue weighted by atomic mass is 9.41. The Bertz CT molecular complexity index is 357. The van der Waals surface area contributed by atoms with Crippen LogP contribution in [0.1, 0.15) is 59.3 Å². The second kappa shape index (κ2) is 7.71. The molecular formula is C15H29BBrClO4. The van der Waals surface area contributed by atoms with Crippen LogP contribution < -0.4 is 0 Å². The quantitative estimate of drug-likeness (QED) is 0.325. The number of halogens is 2. The summed E-state index contributed by atoms with van der Waals surface area (Å²) >= 11 is 8.80. The highest BCUT2D eigenvalue weighted by molar-refractivity contribution is 9.09. The average Bonchev–Trinajstić information content (AvgIpc) is 2.42.